The van der Waals surface area contributed by atoms with Gasteiger partial charge in [-0.15, -0.1) is 0 Å². The number of ether oxygens (including phenoxy) is 1. The lowest BCUT2D eigenvalue weighted by Crippen LogP contribution is -2.30. The lowest BCUT2D eigenvalue weighted by molar-refractivity contribution is -0.137. The summed E-state index contributed by atoms with van der Waals surface area (Å²) in [7, 11) is 0. The largest absolute Gasteiger partial charge is 0.451 e. The van der Waals surface area contributed by atoms with Crippen molar-refractivity contribution < 1.29 is 18.7 Å². The van der Waals surface area contributed by atoms with Crippen molar-refractivity contribution in [2.24, 2.45) is 5.10 Å². The number of carbonyl (C=O) groups is 2. The lowest BCUT2D eigenvalue weighted by atomic mass is 10.2. The topological polar surface area (TPSA) is 93.8 Å². The molecular formula is C15H12ClN3O4. The van der Waals surface area contributed by atoms with Crippen molar-refractivity contribution in [1.29, 1.82) is 0 Å². The van der Waals surface area contributed by atoms with Crippen molar-refractivity contribution in [2.75, 3.05) is 0 Å². The molecule has 2 heterocycles. The molecule has 1 aliphatic heterocycles. The fraction of sp³-hybridized carbons (Fsp3) is 0.200. The molecule has 0 radical (unpaired) electrons. The van der Waals surface area contributed by atoms with E-state index in [0.29, 0.717) is 10.8 Å². The van der Waals surface area contributed by atoms with Gasteiger partial charge in [-0.25, -0.2) is 15.2 Å². The Morgan fingerprint density at radius 2 is 2.09 bits per heavy atom. The van der Waals surface area contributed by atoms with E-state index in [2.05, 4.69) is 15.5 Å². The minimum Gasteiger partial charge on any atom is -0.451 e. The number of nitrogens with zero attached hydrogens (tertiary/aromatic N) is 2. The maximum absolute atomic E-state index is 11.8. The number of benzene rings is 1. The van der Waals surface area contributed by atoms with Crippen LogP contribution in [0.2, 0.25) is 5.02 Å². The van der Waals surface area contributed by atoms with Gasteiger partial charge in [-0.1, -0.05) is 11.6 Å². The smallest absolute Gasteiger partial charge is 0.355 e. The highest BCUT2D eigenvalue weighted by Crippen LogP contribution is 2.22. The van der Waals surface area contributed by atoms with Gasteiger partial charge in [0.2, 0.25) is 11.8 Å². The van der Waals surface area contributed by atoms with Crippen molar-refractivity contribution in [3.63, 3.8) is 0 Å². The van der Waals surface area contributed by atoms with E-state index in [4.69, 9.17) is 20.8 Å². The highest BCUT2D eigenvalue weighted by atomic mass is 35.5. The zero-order chi connectivity index (χ0) is 16.2. The molecule has 0 saturated carbocycles. The summed E-state index contributed by atoms with van der Waals surface area (Å²) in [4.78, 5) is 26.8. The van der Waals surface area contributed by atoms with Gasteiger partial charge in [-0.2, -0.15) is 5.10 Å². The van der Waals surface area contributed by atoms with E-state index in [1.807, 2.05) is 0 Å². The van der Waals surface area contributed by atoms with Gasteiger partial charge in [0.1, 0.15) is 5.71 Å². The second-order valence-corrected chi connectivity index (χ2v) is 5.23. The van der Waals surface area contributed by atoms with E-state index in [-0.39, 0.29) is 37.0 Å². The van der Waals surface area contributed by atoms with Crippen LogP contribution >= 0.6 is 11.6 Å². The number of amides is 1. The molecule has 7 nitrogen and oxygen atoms in total. The average Bonchev–Trinajstić information content (AvgIpc) is 3.03. The summed E-state index contributed by atoms with van der Waals surface area (Å²) in [5.41, 5.74) is 3.23. The Bertz CT molecular complexity index is 767. The predicted octanol–water partition coefficient (Wildman–Crippen LogP) is 2.30. The Morgan fingerprint density at radius 3 is 2.78 bits per heavy atom. The van der Waals surface area contributed by atoms with Gasteiger partial charge in [0, 0.05) is 23.4 Å². The molecule has 1 aromatic heterocycles. The van der Waals surface area contributed by atoms with Crippen molar-refractivity contribution >= 4 is 29.2 Å². The van der Waals surface area contributed by atoms with Gasteiger partial charge in [0.15, 0.2) is 12.4 Å². The normalized spacial score (nSPS) is 14.1. The first-order chi connectivity index (χ1) is 11.1. The molecule has 1 aromatic carbocycles. The maximum Gasteiger partial charge on any atom is 0.355 e. The molecule has 3 rings (SSSR count). The summed E-state index contributed by atoms with van der Waals surface area (Å²) < 4.78 is 10.6. The van der Waals surface area contributed by atoms with Gasteiger partial charge in [0.25, 0.3) is 0 Å². The van der Waals surface area contributed by atoms with E-state index >= 15 is 0 Å². The van der Waals surface area contributed by atoms with Crippen LogP contribution in [-0.4, -0.2) is 22.6 Å². The molecule has 1 aliphatic rings. The van der Waals surface area contributed by atoms with E-state index in [1.54, 1.807) is 30.5 Å². The third kappa shape index (κ3) is 3.75. The van der Waals surface area contributed by atoms with E-state index in [0.717, 1.165) is 5.56 Å². The second-order valence-electron chi connectivity index (χ2n) is 4.79. The SMILES string of the molecule is O=C1CCC(C(=O)OCc2ncc(-c3ccc(Cl)cc3)o2)=NN1. The molecule has 0 spiro atoms. The molecular weight excluding hydrogens is 322 g/mol. The summed E-state index contributed by atoms with van der Waals surface area (Å²) in [6.07, 6.45) is 2.02. The highest BCUT2D eigenvalue weighted by Gasteiger charge is 2.20. The molecule has 2 aromatic rings. The molecule has 1 amide bonds. The second kappa shape index (κ2) is 6.62. The summed E-state index contributed by atoms with van der Waals surface area (Å²) in [5.74, 6) is -0.00293. The van der Waals surface area contributed by atoms with Crippen LogP contribution in [-0.2, 0) is 20.9 Å². The lowest BCUT2D eigenvalue weighted by Gasteiger charge is -2.10. The van der Waals surface area contributed by atoms with E-state index < -0.39 is 5.97 Å². The van der Waals surface area contributed by atoms with Crippen molar-refractivity contribution in [1.82, 2.24) is 10.4 Å². The highest BCUT2D eigenvalue weighted by molar-refractivity contribution is 6.37. The number of rotatable bonds is 4. The van der Waals surface area contributed by atoms with Gasteiger partial charge in [-0.3, -0.25) is 4.79 Å². The van der Waals surface area contributed by atoms with Crippen LogP contribution in [0.1, 0.15) is 18.7 Å². The van der Waals surface area contributed by atoms with Gasteiger partial charge < -0.3 is 9.15 Å². The molecule has 0 saturated heterocycles. The van der Waals surface area contributed by atoms with Crippen molar-refractivity contribution in [3.05, 3.63) is 41.4 Å². The van der Waals surface area contributed by atoms with Gasteiger partial charge in [-0.05, 0) is 24.3 Å². The maximum atomic E-state index is 11.8. The first kappa shape index (κ1) is 15.2. The Morgan fingerprint density at radius 1 is 1.30 bits per heavy atom. The van der Waals surface area contributed by atoms with Gasteiger partial charge >= 0.3 is 5.97 Å². The summed E-state index contributed by atoms with van der Waals surface area (Å²) >= 11 is 5.83. The molecule has 118 valence electrons. The van der Waals surface area contributed by atoms with E-state index in [1.165, 1.54) is 0 Å². The number of oxazole rings is 1. The van der Waals surface area contributed by atoms with Crippen LogP contribution in [0.4, 0.5) is 0 Å². The van der Waals surface area contributed by atoms with Crippen LogP contribution in [0.3, 0.4) is 0 Å². The van der Waals surface area contributed by atoms with Crippen LogP contribution < -0.4 is 5.43 Å². The standard InChI is InChI=1S/C15H12ClN3O4/c16-10-3-1-9(2-4-10)12-7-17-14(23-12)8-22-15(21)11-5-6-13(20)19-18-11/h1-4,7H,5-6,8H2,(H,19,20). The number of hydrogen-bond donors (Lipinski definition) is 1. The number of carbonyl (C=O) groups excluding carboxylic acids is 2. The Balaban J connectivity index is 1.60. The van der Waals surface area contributed by atoms with Crippen LogP contribution in [0.25, 0.3) is 11.3 Å². The number of hydrazone groups is 1. The van der Waals surface area contributed by atoms with Crippen LogP contribution in [0.15, 0.2) is 40.0 Å². The average molecular weight is 334 g/mol. The summed E-state index contributed by atoms with van der Waals surface area (Å²) in [6.45, 7) is -0.112. The molecule has 0 bridgehead atoms. The molecule has 1 N–H and O–H groups in total. The molecule has 8 heteroatoms. The quantitative estimate of drug-likeness (QED) is 0.866. The van der Waals surface area contributed by atoms with Crippen molar-refractivity contribution in [2.45, 2.75) is 19.4 Å². The Hall–Kier alpha value is -2.67. The number of halogens is 1. The number of nitrogens with one attached hydrogen (secondary N) is 1. The van der Waals surface area contributed by atoms with Crippen LogP contribution in [0.5, 0.6) is 0 Å². The minimum atomic E-state index is -0.601. The molecule has 23 heavy (non-hydrogen) atoms. The first-order valence-corrected chi connectivity index (χ1v) is 7.23. The predicted molar refractivity (Wildman–Crippen MR) is 81.6 cm³/mol. The number of hydrogen-bond acceptors (Lipinski definition) is 6. The molecule has 0 atom stereocenters. The third-order valence-electron chi connectivity index (χ3n) is 3.15. The summed E-state index contributed by atoms with van der Waals surface area (Å²) in [6, 6.07) is 7.10. The molecule has 0 aliphatic carbocycles. The van der Waals surface area contributed by atoms with Crippen LogP contribution in [0, 0.1) is 0 Å². The number of aromatic nitrogens is 1. The Kier molecular flexibility index (Phi) is 4.38. The van der Waals surface area contributed by atoms with Gasteiger partial charge in [0.05, 0.1) is 6.20 Å². The minimum absolute atomic E-state index is 0.112. The first-order valence-electron chi connectivity index (χ1n) is 6.85. The fourth-order valence-corrected chi connectivity index (χ4v) is 2.08. The monoisotopic (exact) mass is 333 g/mol. The number of esters is 1. The zero-order valence-electron chi connectivity index (χ0n) is 11.9. The fourth-order valence-electron chi connectivity index (χ4n) is 1.96. The third-order valence-corrected chi connectivity index (χ3v) is 3.40. The Labute approximate surface area is 136 Å². The van der Waals surface area contributed by atoms with Crippen molar-refractivity contribution in [3.8, 4) is 11.3 Å². The van der Waals surface area contributed by atoms with E-state index in [9.17, 15) is 9.59 Å². The molecule has 0 unspecified atom stereocenters. The molecule has 0 fully saturated rings. The zero-order valence-corrected chi connectivity index (χ0v) is 12.7. The summed E-state index contributed by atoms with van der Waals surface area (Å²) in [5, 5.41) is 4.29.